The molecule has 1 radical (unpaired) electrons. The summed E-state index contributed by atoms with van der Waals surface area (Å²) >= 11 is 0. The summed E-state index contributed by atoms with van der Waals surface area (Å²) in [6, 6.07) is 16.4. The van der Waals surface area contributed by atoms with Crippen LogP contribution in [0.4, 0.5) is 0 Å². The van der Waals surface area contributed by atoms with Crippen molar-refractivity contribution in [3.05, 3.63) is 71.8 Å². The first-order valence-corrected chi connectivity index (χ1v) is 5.16. The predicted molar refractivity (Wildman–Crippen MR) is 64.2 cm³/mol. The SMILES string of the molecule is O=C(O)c1ccccc1.O=C([O-])c1ccccc1.[Ag].[Na+]. The standard InChI is InChI=1S/2C7H6O2.Ag.Na/c2*8-7(9)6-4-2-1-3-5-6;;/h2*1-5H,(H,8,9);;/q;;;+1/p-1. The molecule has 0 aliphatic heterocycles. The van der Waals surface area contributed by atoms with Gasteiger partial charge in [0.05, 0.1) is 11.5 Å². The molecule has 0 unspecified atom stereocenters. The van der Waals surface area contributed by atoms with E-state index in [1.165, 1.54) is 12.1 Å². The van der Waals surface area contributed by atoms with Crippen molar-refractivity contribution in [1.82, 2.24) is 0 Å². The first-order chi connectivity index (χ1) is 8.61. The maximum Gasteiger partial charge on any atom is 1.00 e. The Bertz CT molecular complexity index is 468. The van der Waals surface area contributed by atoms with Gasteiger partial charge in [0.15, 0.2) is 0 Å². The Hall–Kier alpha value is -0.880. The zero-order chi connectivity index (χ0) is 13.4. The van der Waals surface area contributed by atoms with E-state index in [2.05, 4.69) is 0 Å². The van der Waals surface area contributed by atoms with Crippen LogP contribution in [-0.2, 0) is 22.4 Å². The maximum absolute atomic E-state index is 10.2. The van der Waals surface area contributed by atoms with E-state index >= 15 is 0 Å². The minimum absolute atomic E-state index is 0. The maximum atomic E-state index is 10.2. The van der Waals surface area contributed by atoms with E-state index < -0.39 is 11.9 Å². The Morgan fingerprint density at radius 3 is 1.35 bits per heavy atom. The Morgan fingerprint density at radius 2 is 1.15 bits per heavy atom. The fraction of sp³-hybridized carbons (Fsp3) is 0. The van der Waals surface area contributed by atoms with Crippen LogP contribution in [0.15, 0.2) is 60.7 Å². The molecule has 2 aromatic carbocycles. The number of aromatic carboxylic acids is 2. The average molecular weight is 374 g/mol. The van der Waals surface area contributed by atoms with Crippen molar-refractivity contribution in [2.75, 3.05) is 0 Å². The van der Waals surface area contributed by atoms with Crippen molar-refractivity contribution >= 4 is 11.9 Å². The fourth-order valence-electron chi connectivity index (χ4n) is 1.15. The van der Waals surface area contributed by atoms with Crippen LogP contribution in [0.5, 0.6) is 0 Å². The minimum atomic E-state index is -1.13. The summed E-state index contributed by atoms with van der Waals surface area (Å²) in [6.07, 6.45) is 0. The smallest absolute Gasteiger partial charge is 0.545 e. The van der Waals surface area contributed by atoms with Gasteiger partial charge in [-0.3, -0.25) is 0 Å². The molecule has 2 aromatic rings. The molecular formula is C14H11AgNaO4. The molecule has 0 heterocycles. The second-order valence-electron chi connectivity index (χ2n) is 3.32. The van der Waals surface area contributed by atoms with Gasteiger partial charge in [0.25, 0.3) is 0 Å². The van der Waals surface area contributed by atoms with Crippen LogP contribution in [0.25, 0.3) is 0 Å². The molecule has 6 heteroatoms. The average Bonchev–Trinajstić information content (AvgIpc) is 2.41. The number of hydrogen-bond donors (Lipinski definition) is 1. The summed E-state index contributed by atoms with van der Waals surface area (Å²) in [5.41, 5.74) is 0.551. The van der Waals surface area contributed by atoms with Crippen LogP contribution in [0.1, 0.15) is 20.7 Å². The molecule has 0 spiro atoms. The van der Waals surface area contributed by atoms with Gasteiger partial charge in [-0.05, 0) is 17.7 Å². The van der Waals surface area contributed by atoms with Crippen LogP contribution in [0.3, 0.4) is 0 Å². The van der Waals surface area contributed by atoms with Crippen LogP contribution in [-0.4, -0.2) is 17.0 Å². The molecule has 0 amide bonds. The van der Waals surface area contributed by atoms with Crippen molar-refractivity contribution in [2.24, 2.45) is 0 Å². The molecule has 0 atom stereocenters. The molecule has 0 aliphatic rings. The number of hydrogen-bond acceptors (Lipinski definition) is 3. The largest absolute Gasteiger partial charge is 1.00 e. The monoisotopic (exact) mass is 373 g/mol. The molecule has 20 heavy (non-hydrogen) atoms. The second-order valence-corrected chi connectivity index (χ2v) is 3.32. The fourth-order valence-corrected chi connectivity index (χ4v) is 1.15. The van der Waals surface area contributed by atoms with Gasteiger partial charge < -0.3 is 15.0 Å². The van der Waals surface area contributed by atoms with Crippen LogP contribution >= 0.6 is 0 Å². The number of carboxylic acids is 2. The van der Waals surface area contributed by atoms with Crippen molar-refractivity contribution in [1.29, 1.82) is 0 Å². The van der Waals surface area contributed by atoms with E-state index in [4.69, 9.17) is 5.11 Å². The van der Waals surface area contributed by atoms with Crippen LogP contribution < -0.4 is 34.7 Å². The summed E-state index contributed by atoms with van der Waals surface area (Å²) < 4.78 is 0. The van der Waals surface area contributed by atoms with E-state index in [1.54, 1.807) is 48.5 Å². The quantitative estimate of drug-likeness (QED) is 0.645. The molecule has 0 aromatic heterocycles. The second kappa shape index (κ2) is 11.9. The van der Waals surface area contributed by atoms with E-state index in [-0.39, 0.29) is 57.5 Å². The summed E-state index contributed by atoms with van der Waals surface area (Å²) in [5, 5.41) is 18.5. The molecule has 0 fully saturated rings. The molecule has 4 nitrogen and oxygen atoms in total. The zero-order valence-electron chi connectivity index (χ0n) is 10.7. The molecule has 0 bridgehead atoms. The Labute approximate surface area is 154 Å². The van der Waals surface area contributed by atoms with Gasteiger partial charge in [0.1, 0.15) is 0 Å². The Morgan fingerprint density at radius 1 is 0.800 bits per heavy atom. The van der Waals surface area contributed by atoms with E-state index in [0.717, 1.165) is 0 Å². The van der Waals surface area contributed by atoms with Gasteiger partial charge >= 0.3 is 35.5 Å². The third kappa shape index (κ3) is 8.32. The summed E-state index contributed by atoms with van der Waals surface area (Å²) in [6.45, 7) is 0. The van der Waals surface area contributed by atoms with Crippen molar-refractivity contribution in [2.45, 2.75) is 0 Å². The van der Waals surface area contributed by atoms with Crippen molar-refractivity contribution in [3.8, 4) is 0 Å². The number of carbonyl (C=O) groups excluding carboxylic acids is 1. The van der Waals surface area contributed by atoms with Crippen LogP contribution in [0.2, 0.25) is 0 Å². The molecule has 0 aliphatic carbocycles. The first kappa shape index (κ1) is 21.4. The molecule has 103 valence electrons. The molecular weight excluding hydrogens is 363 g/mol. The van der Waals surface area contributed by atoms with Gasteiger partial charge in [-0.15, -0.1) is 0 Å². The summed E-state index contributed by atoms with van der Waals surface area (Å²) in [5.74, 6) is -2.01. The molecule has 0 saturated carbocycles. The van der Waals surface area contributed by atoms with E-state index in [1.807, 2.05) is 0 Å². The number of carboxylic acid groups (broad SMARTS) is 2. The first-order valence-electron chi connectivity index (χ1n) is 5.16. The summed E-state index contributed by atoms with van der Waals surface area (Å²) in [4.78, 5) is 20.3. The molecule has 1 N–H and O–H groups in total. The third-order valence-electron chi connectivity index (χ3n) is 2.03. The van der Waals surface area contributed by atoms with Gasteiger partial charge in [0, 0.05) is 22.4 Å². The number of rotatable bonds is 2. The molecule has 2 rings (SSSR count). The topological polar surface area (TPSA) is 77.4 Å². The minimum Gasteiger partial charge on any atom is -0.545 e. The van der Waals surface area contributed by atoms with Crippen molar-refractivity contribution in [3.63, 3.8) is 0 Å². The molecule has 0 saturated heterocycles. The van der Waals surface area contributed by atoms with Crippen LogP contribution in [0, 0.1) is 0 Å². The van der Waals surface area contributed by atoms with Gasteiger partial charge in [-0.1, -0.05) is 48.5 Å². The summed E-state index contributed by atoms with van der Waals surface area (Å²) in [7, 11) is 0. The third-order valence-corrected chi connectivity index (χ3v) is 2.03. The van der Waals surface area contributed by atoms with E-state index in [9.17, 15) is 14.7 Å². The Kier molecular flexibility index (Phi) is 12.8. The van der Waals surface area contributed by atoms with Gasteiger partial charge in [-0.25, -0.2) is 4.79 Å². The predicted octanol–water partition coefficient (Wildman–Crippen LogP) is -1.56. The van der Waals surface area contributed by atoms with Crippen molar-refractivity contribution < 1.29 is 71.7 Å². The normalized spacial score (nSPS) is 8.00. The number of carbonyl (C=O) groups is 2. The van der Waals surface area contributed by atoms with Gasteiger partial charge in [0.2, 0.25) is 0 Å². The number of benzene rings is 2. The van der Waals surface area contributed by atoms with E-state index in [0.29, 0.717) is 5.56 Å². The Balaban J connectivity index is 0. The zero-order valence-corrected chi connectivity index (χ0v) is 14.2. The van der Waals surface area contributed by atoms with Gasteiger partial charge in [-0.2, -0.15) is 0 Å².